The van der Waals surface area contributed by atoms with Gasteiger partial charge in [0.25, 0.3) is 0 Å². The zero-order valence-corrected chi connectivity index (χ0v) is 28.5. The summed E-state index contributed by atoms with van der Waals surface area (Å²) in [6.45, 7) is 13.1. The second-order valence-corrected chi connectivity index (χ2v) is 13.4. The van der Waals surface area contributed by atoms with Crippen molar-refractivity contribution >= 4 is 43.4 Å². The predicted molar refractivity (Wildman–Crippen MR) is 177 cm³/mol. The van der Waals surface area contributed by atoms with Crippen LogP contribution in [0.4, 0.5) is 0 Å². The minimum atomic E-state index is 0. The van der Waals surface area contributed by atoms with Crippen LogP contribution >= 0.6 is 11.3 Å². The molecule has 0 spiro atoms. The van der Waals surface area contributed by atoms with Crippen molar-refractivity contribution in [2.24, 2.45) is 5.41 Å². The van der Waals surface area contributed by atoms with E-state index in [1.165, 1.54) is 37.0 Å². The molecule has 0 aliphatic heterocycles. The van der Waals surface area contributed by atoms with Gasteiger partial charge in [-0.15, -0.1) is 65.4 Å². The Morgan fingerprint density at radius 2 is 1.63 bits per heavy atom. The second-order valence-electron chi connectivity index (χ2n) is 12.1. The van der Waals surface area contributed by atoms with Crippen molar-refractivity contribution in [2.75, 3.05) is 0 Å². The van der Waals surface area contributed by atoms with Crippen LogP contribution in [0, 0.1) is 38.3 Å². The molecule has 219 valence electrons. The van der Waals surface area contributed by atoms with Gasteiger partial charge in [0, 0.05) is 52.8 Å². The zero-order chi connectivity index (χ0) is 29.4. The van der Waals surface area contributed by atoms with Gasteiger partial charge < -0.3 is 14.4 Å². The van der Waals surface area contributed by atoms with E-state index >= 15 is 0 Å². The molecule has 4 aromatic heterocycles. The Bertz CT molecular complexity index is 2020. The molecule has 0 bridgehead atoms. The summed E-state index contributed by atoms with van der Waals surface area (Å²) >= 11 is 1.83. The Morgan fingerprint density at radius 3 is 2.35 bits per heavy atom. The number of aryl methyl sites for hydroxylation is 3. The number of benzene rings is 3. The van der Waals surface area contributed by atoms with E-state index in [0.29, 0.717) is 0 Å². The van der Waals surface area contributed by atoms with Crippen LogP contribution in [-0.4, -0.2) is 9.97 Å². The van der Waals surface area contributed by atoms with E-state index in [-0.39, 0.29) is 25.5 Å². The van der Waals surface area contributed by atoms with E-state index in [1.54, 1.807) is 0 Å². The molecule has 4 heterocycles. The second kappa shape index (κ2) is 12.5. The first-order valence-corrected chi connectivity index (χ1v) is 15.1. The molecule has 0 atom stereocenters. The van der Waals surface area contributed by atoms with Crippen molar-refractivity contribution in [3.05, 3.63) is 119 Å². The van der Waals surface area contributed by atoms with Gasteiger partial charge in [0.2, 0.25) is 0 Å². The van der Waals surface area contributed by atoms with Crippen LogP contribution in [0.15, 0.2) is 89.6 Å². The zero-order valence-electron chi connectivity index (χ0n) is 25.3. The summed E-state index contributed by atoms with van der Waals surface area (Å²) < 4.78 is 7.66. The Morgan fingerprint density at radius 1 is 0.814 bits per heavy atom. The van der Waals surface area contributed by atoms with Crippen molar-refractivity contribution in [1.29, 1.82) is 0 Å². The van der Waals surface area contributed by atoms with Gasteiger partial charge in [0.1, 0.15) is 5.58 Å². The SMILES string of the molecule is Cc1cc2c(ccc3oc4c(-c5cc(CC(C)(C)C)c(C)cn5)[c-]ccc4c32)s1.Cc1ccc(-c2[c-]cccc2)nc1.[Ir]. The maximum atomic E-state index is 6.36. The van der Waals surface area contributed by atoms with Crippen LogP contribution in [0.5, 0.6) is 0 Å². The van der Waals surface area contributed by atoms with Gasteiger partial charge in [-0.2, -0.15) is 0 Å². The minimum absolute atomic E-state index is 0. The molecule has 0 unspecified atom stereocenters. The van der Waals surface area contributed by atoms with Crippen LogP contribution in [0.25, 0.3) is 54.5 Å². The molecule has 43 heavy (non-hydrogen) atoms. The molecule has 0 fully saturated rings. The number of aromatic nitrogens is 2. The molecule has 7 aromatic rings. The van der Waals surface area contributed by atoms with E-state index in [4.69, 9.17) is 9.40 Å². The molecule has 0 amide bonds. The Balaban J connectivity index is 0.000000221. The van der Waals surface area contributed by atoms with Crippen molar-refractivity contribution in [1.82, 2.24) is 9.97 Å². The smallest absolute Gasteiger partial charge is 0.121 e. The molecule has 3 nitrogen and oxygen atoms in total. The summed E-state index contributed by atoms with van der Waals surface area (Å²) in [6, 6.07) is 31.3. The van der Waals surface area contributed by atoms with Gasteiger partial charge in [-0.3, -0.25) is 0 Å². The van der Waals surface area contributed by atoms with Crippen LogP contribution in [-0.2, 0) is 26.5 Å². The maximum Gasteiger partial charge on any atom is 0.121 e. The van der Waals surface area contributed by atoms with Gasteiger partial charge in [0.15, 0.2) is 0 Å². The molecule has 0 saturated heterocycles. The van der Waals surface area contributed by atoms with Crippen molar-refractivity contribution in [2.45, 2.75) is 48.0 Å². The first-order valence-electron chi connectivity index (χ1n) is 14.3. The summed E-state index contributed by atoms with van der Waals surface area (Å²) in [5.41, 5.74) is 9.65. The number of rotatable bonds is 3. The number of furan rings is 1. The molecule has 1 radical (unpaired) electrons. The number of thiophene rings is 1. The van der Waals surface area contributed by atoms with Gasteiger partial charge in [-0.05, 0) is 73.3 Å². The van der Waals surface area contributed by atoms with E-state index in [1.807, 2.05) is 67.1 Å². The van der Waals surface area contributed by atoms with Gasteiger partial charge in [-0.1, -0.05) is 55.5 Å². The quantitative estimate of drug-likeness (QED) is 0.169. The fraction of sp³-hybridized carbons (Fsp3) is 0.211. The summed E-state index contributed by atoms with van der Waals surface area (Å²) in [7, 11) is 0. The molecule has 0 aliphatic carbocycles. The minimum Gasteiger partial charge on any atom is -0.501 e. The maximum absolute atomic E-state index is 6.36. The molecule has 0 N–H and O–H groups in total. The fourth-order valence-corrected chi connectivity index (χ4v) is 6.24. The van der Waals surface area contributed by atoms with E-state index < -0.39 is 0 Å². The standard InChI is InChI=1S/C26H24NOS.C12H10N.Ir/c1-15-14-27-21(12-17(15)13-26(3,4)5)18-7-6-8-19-24-20-11-16(2)29-23(20)10-9-22(24)28-25(18)19;1-10-7-8-12(13-9-10)11-5-3-2-4-6-11;/h6,8-12,14H,13H2,1-5H3;2-5,7-9H,1H3;/q2*-1;. The van der Waals surface area contributed by atoms with Crippen LogP contribution < -0.4 is 0 Å². The molecule has 0 aliphatic rings. The Kier molecular flexibility index (Phi) is 8.99. The van der Waals surface area contributed by atoms with Crippen LogP contribution in [0.2, 0.25) is 0 Å². The summed E-state index contributed by atoms with van der Waals surface area (Å²) in [5.74, 6) is 0. The number of pyridine rings is 2. The first kappa shape index (κ1) is 30.8. The third kappa shape index (κ3) is 6.65. The van der Waals surface area contributed by atoms with Crippen LogP contribution in [0.1, 0.15) is 42.3 Å². The fourth-order valence-electron chi connectivity index (χ4n) is 5.31. The molecular formula is C38H34IrN2OS-2. The largest absolute Gasteiger partial charge is 0.501 e. The summed E-state index contributed by atoms with van der Waals surface area (Å²) in [5, 5.41) is 3.60. The molecule has 5 heteroatoms. The van der Waals surface area contributed by atoms with E-state index in [2.05, 4.69) is 88.1 Å². The number of hydrogen-bond acceptors (Lipinski definition) is 4. The molecular weight excluding hydrogens is 725 g/mol. The average molecular weight is 759 g/mol. The molecule has 3 aromatic carbocycles. The number of fused-ring (bicyclic) bond motifs is 5. The normalized spacial score (nSPS) is 11.4. The van der Waals surface area contributed by atoms with Crippen molar-refractivity contribution < 1.29 is 24.5 Å². The number of nitrogens with zero attached hydrogens (tertiary/aromatic N) is 2. The van der Waals surface area contributed by atoms with Crippen molar-refractivity contribution in [3.8, 4) is 22.5 Å². The average Bonchev–Trinajstić information content (AvgIpc) is 3.54. The van der Waals surface area contributed by atoms with E-state index in [9.17, 15) is 0 Å². The third-order valence-corrected chi connectivity index (χ3v) is 8.32. The first-order chi connectivity index (χ1) is 20.2. The number of hydrogen-bond donors (Lipinski definition) is 0. The van der Waals surface area contributed by atoms with Crippen molar-refractivity contribution in [3.63, 3.8) is 0 Å². The van der Waals surface area contributed by atoms with Gasteiger partial charge in [-0.25, -0.2) is 0 Å². The molecule has 0 saturated carbocycles. The monoisotopic (exact) mass is 759 g/mol. The Labute approximate surface area is 271 Å². The summed E-state index contributed by atoms with van der Waals surface area (Å²) in [6.07, 6.45) is 4.86. The van der Waals surface area contributed by atoms with Gasteiger partial charge in [0.05, 0.1) is 5.58 Å². The predicted octanol–water partition coefficient (Wildman–Crippen LogP) is 10.7. The van der Waals surface area contributed by atoms with Crippen LogP contribution in [0.3, 0.4) is 0 Å². The summed E-state index contributed by atoms with van der Waals surface area (Å²) in [4.78, 5) is 10.4. The van der Waals surface area contributed by atoms with Gasteiger partial charge >= 0.3 is 0 Å². The topological polar surface area (TPSA) is 38.9 Å². The molecule has 7 rings (SSSR count). The van der Waals surface area contributed by atoms with E-state index in [0.717, 1.165) is 45.5 Å². The third-order valence-electron chi connectivity index (χ3n) is 7.30. The Hall–Kier alpha value is -3.63.